The van der Waals surface area contributed by atoms with Crippen molar-refractivity contribution in [3.8, 4) is 0 Å². The first kappa shape index (κ1) is 16.3. The van der Waals surface area contributed by atoms with E-state index < -0.39 is 0 Å². The van der Waals surface area contributed by atoms with Crippen LogP contribution in [0, 0.1) is 0 Å². The van der Waals surface area contributed by atoms with Crippen molar-refractivity contribution < 1.29 is 14.0 Å². The SMILES string of the molecule is O=C(Cc1cccs1)NC1CCN(C(=O)c2ccc(Br)o2)CC1. The molecule has 122 valence electrons. The predicted molar refractivity (Wildman–Crippen MR) is 91.5 cm³/mol. The molecule has 0 saturated carbocycles. The number of nitrogens with one attached hydrogen (secondary N) is 1. The first-order valence-electron chi connectivity index (χ1n) is 7.48. The molecule has 1 aliphatic heterocycles. The highest BCUT2D eigenvalue weighted by Gasteiger charge is 2.26. The molecule has 2 aromatic rings. The van der Waals surface area contributed by atoms with Crippen molar-refractivity contribution in [3.63, 3.8) is 0 Å². The molecule has 0 radical (unpaired) electrons. The van der Waals surface area contributed by atoms with Crippen molar-refractivity contribution >= 4 is 39.1 Å². The zero-order chi connectivity index (χ0) is 16.2. The molecule has 2 amide bonds. The lowest BCUT2D eigenvalue weighted by Crippen LogP contribution is -2.46. The van der Waals surface area contributed by atoms with Gasteiger partial charge in [-0.3, -0.25) is 9.59 Å². The second kappa shape index (κ2) is 7.31. The second-order valence-electron chi connectivity index (χ2n) is 5.49. The van der Waals surface area contributed by atoms with Crippen LogP contribution >= 0.6 is 27.3 Å². The molecule has 0 spiro atoms. The van der Waals surface area contributed by atoms with Gasteiger partial charge in [0.15, 0.2) is 10.4 Å². The molecule has 0 aromatic carbocycles. The average molecular weight is 397 g/mol. The number of rotatable bonds is 4. The lowest BCUT2D eigenvalue weighted by molar-refractivity contribution is -0.121. The lowest BCUT2D eigenvalue weighted by Gasteiger charge is -2.31. The number of nitrogens with zero attached hydrogens (tertiary/aromatic N) is 1. The molecule has 0 aliphatic carbocycles. The third-order valence-electron chi connectivity index (χ3n) is 3.85. The Balaban J connectivity index is 1.46. The molecule has 0 bridgehead atoms. The Bertz CT molecular complexity index is 675. The molecule has 23 heavy (non-hydrogen) atoms. The minimum atomic E-state index is -0.0981. The van der Waals surface area contributed by atoms with Gasteiger partial charge in [0.25, 0.3) is 5.91 Å². The summed E-state index contributed by atoms with van der Waals surface area (Å²) in [6.07, 6.45) is 1.96. The maximum Gasteiger partial charge on any atom is 0.289 e. The zero-order valence-corrected chi connectivity index (χ0v) is 14.9. The summed E-state index contributed by atoms with van der Waals surface area (Å²) in [5.41, 5.74) is 0. The third kappa shape index (κ3) is 4.23. The lowest BCUT2D eigenvalue weighted by atomic mass is 10.0. The fourth-order valence-electron chi connectivity index (χ4n) is 2.66. The Morgan fingerprint density at radius 2 is 2.09 bits per heavy atom. The molecule has 1 fully saturated rings. The topological polar surface area (TPSA) is 62.6 Å². The number of halogens is 1. The van der Waals surface area contributed by atoms with E-state index in [-0.39, 0.29) is 17.9 Å². The van der Waals surface area contributed by atoms with Crippen LogP contribution in [0.15, 0.2) is 38.7 Å². The quantitative estimate of drug-likeness (QED) is 0.863. The number of piperidine rings is 1. The Morgan fingerprint density at radius 1 is 1.30 bits per heavy atom. The highest BCUT2D eigenvalue weighted by Crippen LogP contribution is 2.19. The van der Waals surface area contributed by atoms with Crippen LogP contribution in [0.3, 0.4) is 0 Å². The fourth-order valence-corrected chi connectivity index (χ4v) is 3.67. The van der Waals surface area contributed by atoms with Gasteiger partial charge in [0.05, 0.1) is 6.42 Å². The van der Waals surface area contributed by atoms with Gasteiger partial charge in [0, 0.05) is 24.0 Å². The van der Waals surface area contributed by atoms with Crippen LogP contribution in [-0.4, -0.2) is 35.8 Å². The Morgan fingerprint density at radius 3 is 2.70 bits per heavy atom. The van der Waals surface area contributed by atoms with E-state index in [1.807, 2.05) is 17.5 Å². The number of likely N-dealkylation sites (tertiary alicyclic amines) is 1. The van der Waals surface area contributed by atoms with Gasteiger partial charge in [-0.05, 0) is 52.4 Å². The van der Waals surface area contributed by atoms with Gasteiger partial charge in [-0.1, -0.05) is 6.07 Å². The number of hydrogen-bond donors (Lipinski definition) is 1. The summed E-state index contributed by atoms with van der Waals surface area (Å²) in [5, 5.41) is 5.03. The van der Waals surface area contributed by atoms with Gasteiger partial charge < -0.3 is 14.6 Å². The van der Waals surface area contributed by atoms with Crippen molar-refractivity contribution in [2.24, 2.45) is 0 Å². The zero-order valence-electron chi connectivity index (χ0n) is 12.5. The predicted octanol–water partition coefficient (Wildman–Crippen LogP) is 3.07. The van der Waals surface area contributed by atoms with Crippen molar-refractivity contribution in [3.05, 3.63) is 45.0 Å². The second-order valence-corrected chi connectivity index (χ2v) is 7.31. The summed E-state index contributed by atoms with van der Waals surface area (Å²) in [4.78, 5) is 27.1. The maximum absolute atomic E-state index is 12.3. The molecular formula is C16H17BrN2O3S. The smallest absolute Gasteiger partial charge is 0.289 e. The molecule has 3 rings (SSSR count). The highest BCUT2D eigenvalue weighted by molar-refractivity contribution is 9.10. The summed E-state index contributed by atoms with van der Waals surface area (Å²) >= 11 is 4.79. The van der Waals surface area contributed by atoms with Crippen molar-refractivity contribution in [2.75, 3.05) is 13.1 Å². The van der Waals surface area contributed by atoms with Crippen LogP contribution in [0.5, 0.6) is 0 Å². The summed E-state index contributed by atoms with van der Waals surface area (Å²) in [7, 11) is 0. The Hall–Kier alpha value is -1.60. The van der Waals surface area contributed by atoms with Gasteiger partial charge >= 0.3 is 0 Å². The summed E-state index contributed by atoms with van der Waals surface area (Å²) in [6, 6.07) is 7.43. The van der Waals surface area contributed by atoms with Crippen molar-refractivity contribution in [1.29, 1.82) is 0 Å². The van der Waals surface area contributed by atoms with E-state index in [4.69, 9.17) is 4.42 Å². The van der Waals surface area contributed by atoms with Crippen LogP contribution < -0.4 is 5.32 Å². The van der Waals surface area contributed by atoms with Gasteiger partial charge in [0.1, 0.15) is 0 Å². The third-order valence-corrected chi connectivity index (χ3v) is 5.15. The van der Waals surface area contributed by atoms with Crippen molar-refractivity contribution in [1.82, 2.24) is 10.2 Å². The van der Waals surface area contributed by atoms with E-state index in [0.717, 1.165) is 17.7 Å². The Labute approximate surface area is 146 Å². The normalized spacial score (nSPS) is 15.6. The largest absolute Gasteiger partial charge is 0.444 e. The number of carbonyl (C=O) groups is 2. The van der Waals surface area contributed by atoms with E-state index in [0.29, 0.717) is 29.9 Å². The van der Waals surface area contributed by atoms with E-state index in [1.54, 1.807) is 28.4 Å². The molecule has 1 saturated heterocycles. The fraction of sp³-hybridized carbons (Fsp3) is 0.375. The molecule has 0 atom stereocenters. The molecule has 1 aliphatic rings. The van der Waals surface area contributed by atoms with Crippen LogP contribution in [0.25, 0.3) is 0 Å². The first-order chi connectivity index (χ1) is 11.1. The van der Waals surface area contributed by atoms with Crippen LogP contribution in [0.2, 0.25) is 0 Å². The van der Waals surface area contributed by atoms with Gasteiger partial charge in [0.2, 0.25) is 5.91 Å². The highest BCUT2D eigenvalue weighted by atomic mass is 79.9. The van der Waals surface area contributed by atoms with Crippen LogP contribution in [0.4, 0.5) is 0 Å². The molecule has 2 aromatic heterocycles. The van der Waals surface area contributed by atoms with Crippen LogP contribution in [0.1, 0.15) is 28.3 Å². The monoisotopic (exact) mass is 396 g/mol. The van der Waals surface area contributed by atoms with Gasteiger partial charge in [-0.25, -0.2) is 0 Å². The minimum absolute atomic E-state index is 0.0483. The minimum Gasteiger partial charge on any atom is -0.444 e. The standard InChI is InChI=1S/C16H17BrN2O3S/c17-14-4-3-13(22-14)16(21)19-7-5-11(6-8-19)18-15(20)10-12-2-1-9-23-12/h1-4,9,11H,5-8,10H2,(H,18,20). The number of carbonyl (C=O) groups excluding carboxylic acids is 2. The van der Waals surface area contributed by atoms with Crippen molar-refractivity contribution in [2.45, 2.75) is 25.3 Å². The number of hydrogen-bond acceptors (Lipinski definition) is 4. The molecular weight excluding hydrogens is 380 g/mol. The number of thiophene rings is 1. The Kier molecular flexibility index (Phi) is 5.17. The maximum atomic E-state index is 12.3. The van der Waals surface area contributed by atoms with Gasteiger partial charge in [-0.15, -0.1) is 11.3 Å². The number of amides is 2. The number of furan rings is 1. The van der Waals surface area contributed by atoms with E-state index in [1.165, 1.54) is 0 Å². The molecule has 7 heteroatoms. The molecule has 0 unspecified atom stereocenters. The summed E-state index contributed by atoms with van der Waals surface area (Å²) in [6.45, 7) is 1.25. The van der Waals surface area contributed by atoms with E-state index in [9.17, 15) is 9.59 Å². The summed E-state index contributed by atoms with van der Waals surface area (Å²) < 4.78 is 5.86. The molecule has 3 heterocycles. The van der Waals surface area contributed by atoms with Gasteiger partial charge in [-0.2, -0.15) is 0 Å². The average Bonchev–Trinajstić information content (AvgIpc) is 3.19. The van der Waals surface area contributed by atoms with E-state index >= 15 is 0 Å². The molecule has 5 nitrogen and oxygen atoms in total. The van der Waals surface area contributed by atoms with E-state index in [2.05, 4.69) is 21.2 Å². The first-order valence-corrected chi connectivity index (χ1v) is 9.15. The van der Waals surface area contributed by atoms with Crippen LogP contribution in [-0.2, 0) is 11.2 Å². The molecule has 1 N–H and O–H groups in total. The summed E-state index contributed by atoms with van der Waals surface area (Å²) in [5.74, 6) is 0.295.